The lowest BCUT2D eigenvalue weighted by Crippen LogP contribution is -2.35. The summed E-state index contributed by atoms with van der Waals surface area (Å²) in [7, 11) is 0. The van der Waals surface area contributed by atoms with Crippen molar-refractivity contribution in [1.82, 2.24) is 5.32 Å². The molecule has 0 spiro atoms. The Morgan fingerprint density at radius 2 is 2.22 bits per heavy atom. The molecule has 0 aromatic heterocycles. The van der Waals surface area contributed by atoms with Crippen molar-refractivity contribution in [2.75, 3.05) is 6.61 Å². The molecule has 18 heavy (non-hydrogen) atoms. The van der Waals surface area contributed by atoms with Gasteiger partial charge in [0.05, 0.1) is 16.1 Å². The summed E-state index contributed by atoms with van der Waals surface area (Å²) in [4.78, 5) is 11.9. The van der Waals surface area contributed by atoms with Crippen molar-refractivity contribution in [2.45, 2.75) is 31.9 Å². The summed E-state index contributed by atoms with van der Waals surface area (Å²) in [6.07, 6.45) is 1.43. The second-order valence-corrected chi connectivity index (χ2v) is 5.22. The fourth-order valence-electron chi connectivity index (χ4n) is 1.96. The fraction of sp³-hybridized carbons (Fsp3) is 0.462. The minimum atomic E-state index is -0.310. The van der Waals surface area contributed by atoms with E-state index in [4.69, 9.17) is 27.9 Å². The van der Waals surface area contributed by atoms with Crippen molar-refractivity contribution in [2.24, 2.45) is 0 Å². The number of benzene rings is 1. The molecule has 0 aliphatic carbocycles. The summed E-state index contributed by atoms with van der Waals surface area (Å²) in [5.74, 6) is -0.0638. The topological polar surface area (TPSA) is 38.3 Å². The van der Waals surface area contributed by atoms with Gasteiger partial charge in [-0.15, -0.1) is 0 Å². The van der Waals surface area contributed by atoms with E-state index in [1.807, 2.05) is 13.0 Å². The Kier molecular flexibility index (Phi) is 4.49. The highest BCUT2D eigenvalue weighted by Crippen LogP contribution is 2.25. The zero-order chi connectivity index (χ0) is 13.1. The second kappa shape index (κ2) is 5.91. The van der Waals surface area contributed by atoms with E-state index in [1.165, 1.54) is 0 Å². The van der Waals surface area contributed by atoms with Crippen LogP contribution in [0.3, 0.4) is 0 Å². The minimum Gasteiger partial charge on any atom is -0.368 e. The summed E-state index contributed by atoms with van der Waals surface area (Å²) in [5, 5.41) is 3.92. The lowest BCUT2D eigenvalue weighted by Gasteiger charge is -2.17. The Labute approximate surface area is 116 Å². The highest BCUT2D eigenvalue weighted by Gasteiger charge is 2.24. The van der Waals surface area contributed by atoms with Crippen molar-refractivity contribution < 1.29 is 9.53 Å². The van der Waals surface area contributed by atoms with Crippen LogP contribution < -0.4 is 5.32 Å². The molecular weight excluding hydrogens is 273 g/mol. The first kappa shape index (κ1) is 13.7. The molecule has 1 aliphatic rings. The molecule has 1 fully saturated rings. The average Bonchev–Trinajstić information content (AvgIpc) is 2.86. The van der Waals surface area contributed by atoms with Gasteiger partial charge in [-0.1, -0.05) is 29.3 Å². The number of hydrogen-bond donors (Lipinski definition) is 1. The number of hydrogen-bond acceptors (Lipinski definition) is 2. The lowest BCUT2D eigenvalue weighted by atomic mass is 10.1. The number of carbonyl (C=O) groups is 1. The molecule has 1 saturated heterocycles. The van der Waals surface area contributed by atoms with Crippen LogP contribution in [0.5, 0.6) is 0 Å². The van der Waals surface area contributed by atoms with Gasteiger partial charge in [0.2, 0.25) is 5.91 Å². The van der Waals surface area contributed by atoms with E-state index < -0.39 is 0 Å². The van der Waals surface area contributed by atoms with Crippen LogP contribution in [0.4, 0.5) is 0 Å². The predicted octanol–water partition coefficient (Wildman–Crippen LogP) is 3.35. The van der Waals surface area contributed by atoms with Crippen molar-refractivity contribution in [3.8, 4) is 0 Å². The van der Waals surface area contributed by atoms with E-state index in [-0.39, 0.29) is 18.1 Å². The molecular formula is C13H15Cl2NO2. The summed E-state index contributed by atoms with van der Waals surface area (Å²) in [6, 6.07) is 5.24. The quantitative estimate of drug-likeness (QED) is 0.926. The first-order chi connectivity index (χ1) is 8.58. The number of halogens is 2. The van der Waals surface area contributed by atoms with Gasteiger partial charge in [-0.2, -0.15) is 0 Å². The smallest absolute Gasteiger partial charge is 0.249 e. The number of rotatable bonds is 3. The Balaban J connectivity index is 2.00. The van der Waals surface area contributed by atoms with E-state index in [0.717, 1.165) is 18.4 Å². The van der Waals surface area contributed by atoms with E-state index in [2.05, 4.69) is 5.32 Å². The van der Waals surface area contributed by atoms with Crippen LogP contribution >= 0.6 is 23.2 Å². The molecule has 1 amide bonds. The fourth-order valence-corrected chi connectivity index (χ4v) is 2.26. The summed E-state index contributed by atoms with van der Waals surface area (Å²) in [5.41, 5.74) is 0.927. The van der Waals surface area contributed by atoms with E-state index in [0.29, 0.717) is 16.7 Å². The molecule has 2 rings (SSSR count). The highest BCUT2D eigenvalue weighted by atomic mass is 35.5. The molecule has 5 heteroatoms. The Morgan fingerprint density at radius 3 is 2.83 bits per heavy atom. The maximum atomic E-state index is 11.9. The van der Waals surface area contributed by atoms with Gasteiger partial charge in [0.1, 0.15) is 6.10 Å². The molecule has 0 radical (unpaired) electrons. The molecule has 0 bridgehead atoms. The molecule has 98 valence electrons. The van der Waals surface area contributed by atoms with E-state index in [1.54, 1.807) is 12.1 Å². The summed E-state index contributed by atoms with van der Waals surface area (Å²) in [6.45, 7) is 2.58. The zero-order valence-electron chi connectivity index (χ0n) is 10.1. The molecule has 0 unspecified atom stereocenters. The van der Waals surface area contributed by atoms with Gasteiger partial charge >= 0.3 is 0 Å². The minimum absolute atomic E-state index is 0.0638. The molecule has 1 N–H and O–H groups in total. The third-order valence-corrected chi connectivity index (χ3v) is 3.76. The summed E-state index contributed by atoms with van der Waals surface area (Å²) < 4.78 is 5.34. The van der Waals surface area contributed by atoms with Crippen LogP contribution in [-0.2, 0) is 9.53 Å². The second-order valence-electron chi connectivity index (χ2n) is 4.41. The van der Waals surface area contributed by atoms with E-state index in [9.17, 15) is 4.79 Å². The highest BCUT2D eigenvalue weighted by molar-refractivity contribution is 6.42. The van der Waals surface area contributed by atoms with E-state index >= 15 is 0 Å². The molecule has 1 aromatic carbocycles. The molecule has 1 heterocycles. The first-order valence-corrected chi connectivity index (χ1v) is 6.70. The molecule has 1 aliphatic heterocycles. The normalized spacial score (nSPS) is 20.7. The van der Waals surface area contributed by atoms with Crippen LogP contribution in [0.25, 0.3) is 0 Å². The maximum absolute atomic E-state index is 11.9. The largest absolute Gasteiger partial charge is 0.368 e. The van der Waals surface area contributed by atoms with Gasteiger partial charge in [0.15, 0.2) is 0 Å². The van der Waals surface area contributed by atoms with Crippen LogP contribution in [0.2, 0.25) is 10.0 Å². The number of carbonyl (C=O) groups excluding carboxylic acids is 1. The molecule has 3 nitrogen and oxygen atoms in total. The van der Waals surface area contributed by atoms with Crippen molar-refractivity contribution in [3.63, 3.8) is 0 Å². The SMILES string of the molecule is C[C@H](NC(=O)[C@H]1CCCO1)c1ccc(Cl)c(Cl)c1. The Bertz CT molecular complexity index is 445. The van der Waals surface area contributed by atoms with Gasteiger partial charge in [-0.25, -0.2) is 0 Å². The third-order valence-electron chi connectivity index (χ3n) is 3.02. The maximum Gasteiger partial charge on any atom is 0.249 e. The van der Waals surface area contributed by atoms with Crippen LogP contribution in [0.1, 0.15) is 31.4 Å². The molecule has 1 aromatic rings. The summed E-state index contributed by atoms with van der Waals surface area (Å²) >= 11 is 11.8. The average molecular weight is 288 g/mol. The molecule has 0 saturated carbocycles. The Morgan fingerprint density at radius 1 is 1.44 bits per heavy atom. The Hall–Kier alpha value is -0.770. The lowest BCUT2D eigenvalue weighted by molar-refractivity contribution is -0.130. The monoisotopic (exact) mass is 287 g/mol. The van der Waals surface area contributed by atoms with Crippen LogP contribution in [-0.4, -0.2) is 18.6 Å². The van der Waals surface area contributed by atoms with Gasteiger partial charge in [-0.05, 0) is 37.5 Å². The molecule has 2 atom stereocenters. The van der Waals surface area contributed by atoms with Crippen LogP contribution in [0.15, 0.2) is 18.2 Å². The van der Waals surface area contributed by atoms with Crippen molar-refractivity contribution in [1.29, 1.82) is 0 Å². The number of ether oxygens (including phenoxy) is 1. The van der Waals surface area contributed by atoms with Crippen molar-refractivity contribution in [3.05, 3.63) is 33.8 Å². The first-order valence-electron chi connectivity index (χ1n) is 5.95. The predicted molar refractivity (Wildman–Crippen MR) is 72.0 cm³/mol. The number of nitrogens with one attached hydrogen (secondary N) is 1. The van der Waals surface area contributed by atoms with Gasteiger partial charge in [0.25, 0.3) is 0 Å². The van der Waals surface area contributed by atoms with Crippen LogP contribution in [0, 0.1) is 0 Å². The van der Waals surface area contributed by atoms with Crippen molar-refractivity contribution >= 4 is 29.1 Å². The standard InChI is InChI=1S/C13H15Cl2NO2/c1-8(9-4-5-10(14)11(15)7-9)16-13(17)12-3-2-6-18-12/h4-5,7-8,12H,2-3,6H2,1H3,(H,16,17)/t8-,12+/m0/s1. The van der Waals surface area contributed by atoms with Gasteiger partial charge in [0, 0.05) is 6.61 Å². The number of amides is 1. The zero-order valence-corrected chi connectivity index (χ0v) is 11.6. The third kappa shape index (κ3) is 3.16. The van der Waals surface area contributed by atoms with Gasteiger partial charge < -0.3 is 10.1 Å². The van der Waals surface area contributed by atoms with Gasteiger partial charge in [-0.3, -0.25) is 4.79 Å².